The van der Waals surface area contributed by atoms with E-state index in [1.807, 2.05) is 0 Å². The molecule has 2 aromatic carbocycles. The molecule has 0 bridgehead atoms. The summed E-state index contributed by atoms with van der Waals surface area (Å²) in [4.78, 5) is 3.37. The molecule has 2 N–H and O–H groups in total. The Hall–Kier alpha value is -2.32. The van der Waals surface area contributed by atoms with Gasteiger partial charge in [0.25, 0.3) is 0 Å². The molecule has 0 fully saturated rings. The van der Waals surface area contributed by atoms with Crippen LogP contribution < -0.4 is 5.32 Å². The van der Waals surface area contributed by atoms with Crippen molar-refractivity contribution < 1.29 is 0 Å². The first-order valence-corrected chi connectivity index (χ1v) is 9.84. The fourth-order valence-corrected chi connectivity index (χ4v) is 4.22. The highest BCUT2D eigenvalue weighted by atomic mass is 14.9. The molecule has 0 aliphatic carbocycles. The molecular formula is C24H28N2. The number of unbranched alkanes of at least 4 members (excludes halogenated alkanes) is 1. The minimum absolute atomic E-state index is 0.611. The Balaban J connectivity index is 1.30. The Morgan fingerprint density at radius 2 is 1.88 bits per heavy atom. The fraction of sp³-hybridized carbons (Fsp3) is 0.333. The van der Waals surface area contributed by atoms with E-state index in [4.69, 9.17) is 0 Å². The number of aromatic amines is 1. The third-order valence-corrected chi connectivity index (χ3v) is 5.60. The van der Waals surface area contributed by atoms with Crippen molar-refractivity contribution in [3.8, 4) is 0 Å². The van der Waals surface area contributed by atoms with Crippen molar-refractivity contribution in [2.45, 2.75) is 45.1 Å². The number of H-pyrrole nitrogens is 1. The summed E-state index contributed by atoms with van der Waals surface area (Å²) in [5.41, 5.74) is 7.01. The van der Waals surface area contributed by atoms with Crippen molar-refractivity contribution in [1.29, 1.82) is 0 Å². The summed E-state index contributed by atoms with van der Waals surface area (Å²) in [6.07, 6.45) is 10.6. The van der Waals surface area contributed by atoms with Crippen LogP contribution in [-0.2, 0) is 6.42 Å². The normalized spacial score (nSPS) is 17.4. The minimum Gasteiger partial charge on any atom is -0.361 e. The topological polar surface area (TPSA) is 27.8 Å². The molecule has 4 rings (SSSR count). The van der Waals surface area contributed by atoms with Crippen LogP contribution in [0.1, 0.15) is 42.4 Å². The highest BCUT2D eigenvalue weighted by Crippen LogP contribution is 2.26. The average molecular weight is 345 g/mol. The second-order valence-corrected chi connectivity index (χ2v) is 7.46. The third kappa shape index (κ3) is 3.76. The van der Waals surface area contributed by atoms with Crippen LogP contribution in [0.15, 0.2) is 60.8 Å². The molecule has 1 aromatic heterocycles. The first kappa shape index (κ1) is 17.1. The maximum Gasteiger partial charge on any atom is 0.0459 e. The van der Waals surface area contributed by atoms with Crippen molar-refractivity contribution in [3.05, 3.63) is 77.5 Å². The van der Waals surface area contributed by atoms with E-state index in [0.717, 1.165) is 13.0 Å². The molecule has 1 aliphatic heterocycles. The minimum atomic E-state index is 0.611. The molecule has 2 heterocycles. The molecule has 134 valence electrons. The molecule has 3 aromatic rings. The van der Waals surface area contributed by atoms with Gasteiger partial charge in [-0.3, -0.25) is 0 Å². The van der Waals surface area contributed by atoms with Crippen LogP contribution in [0, 0.1) is 6.92 Å². The molecule has 1 unspecified atom stereocenters. The summed E-state index contributed by atoms with van der Waals surface area (Å²) < 4.78 is 0. The number of nitrogens with one attached hydrogen (secondary N) is 2. The molecule has 0 saturated carbocycles. The smallest absolute Gasteiger partial charge is 0.0459 e. The summed E-state index contributed by atoms with van der Waals surface area (Å²) in [5, 5.41) is 5.10. The highest BCUT2D eigenvalue weighted by Gasteiger charge is 2.15. The van der Waals surface area contributed by atoms with Gasteiger partial charge in [-0.05, 0) is 60.9 Å². The van der Waals surface area contributed by atoms with Gasteiger partial charge in [0, 0.05) is 29.7 Å². The first-order valence-electron chi connectivity index (χ1n) is 9.84. The van der Waals surface area contributed by atoms with E-state index in [1.165, 1.54) is 58.8 Å². The molecule has 0 amide bonds. The predicted octanol–water partition coefficient (Wildman–Crippen LogP) is 5.63. The van der Waals surface area contributed by atoms with Crippen molar-refractivity contribution in [2.24, 2.45) is 0 Å². The molecule has 2 nitrogen and oxygen atoms in total. The lowest BCUT2D eigenvalue weighted by Crippen LogP contribution is -2.32. The van der Waals surface area contributed by atoms with Crippen LogP contribution >= 0.6 is 0 Å². The van der Waals surface area contributed by atoms with Crippen molar-refractivity contribution in [3.63, 3.8) is 0 Å². The zero-order valence-electron chi connectivity index (χ0n) is 15.6. The molecule has 1 atom stereocenters. The molecule has 0 radical (unpaired) electrons. The average Bonchev–Trinajstić information content (AvgIpc) is 3.08. The van der Waals surface area contributed by atoms with Gasteiger partial charge in [-0.15, -0.1) is 0 Å². The number of hydrogen-bond acceptors (Lipinski definition) is 1. The SMILES string of the molecule is Cc1c[nH]c2cccc(CCCCC3CC(c4ccccc4)=CCN3)c12. The lowest BCUT2D eigenvalue weighted by molar-refractivity contribution is 0.477. The van der Waals surface area contributed by atoms with Crippen molar-refractivity contribution in [1.82, 2.24) is 10.3 Å². The second kappa shape index (κ2) is 7.92. The second-order valence-electron chi connectivity index (χ2n) is 7.46. The lowest BCUT2D eigenvalue weighted by atomic mass is 9.92. The van der Waals surface area contributed by atoms with Crippen LogP contribution in [0.25, 0.3) is 16.5 Å². The Kier molecular flexibility index (Phi) is 5.21. The largest absolute Gasteiger partial charge is 0.361 e. The van der Waals surface area contributed by atoms with E-state index in [0.29, 0.717) is 6.04 Å². The van der Waals surface area contributed by atoms with E-state index < -0.39 is 0 Å². The quantitative estimate of drug-likeness (QED) is 0.557. The summed E-state index contributed by atoms with van der Waals surface area (Å²) >= 11 is 0. The predicted molar refractivity (Wildman–Crippen MR) is 111 cm³/mol. The van der Waals surface area contributed by atoms with Crippen molar-refractivity contribution in [2.75, 3.05) is 6.54 Å². The van der Waals surface area contributed by atoms with E-state index in [1.54, 1.807) is 0 Å². The van der Waals surface area contributed by atoms with Crippen LogP contribution in [0.3, 0.4) is 0 Å². The van der Waals surface area contributed by atoms with Gasteiger partial charge in [-0.25, -0.2) is 0 Å². The highest BCUT2D eigenvalue weighted by molar-refractivity contribution is 5.86. The number of fused-ring (bicyclic) bond motifs is 1. The molecule has 1 aliphatic rings. The Bertz CT molecular complexity index is 889. The van der Waals surface area contributed by atoms with E-state index in [2.05, 4.69) is 78.0 Å². The summed E-state index contributed by atoms with van der Waals surface area (Å²) in [6, 6.07) is 18.1. The van der Waals surface area contributed by atoms with Gasteiger partial charge >= 0.3 is 0 Å². The Morgan fingerprint density at radius 3 is 2.77 bits per heavy atom. The van der Waals surface area contributed by atoms with Gasteiger partial charge in [-0.1, -0.05) is 55.0 Å². The standard InChI is InChI=1S/C24H28N2/c1-18-17-26-23-13-7-11-20(24(18)23)10-5-6-12-22-16-21(14-15-25-22)19-8-3-2-4-9-19/h2-4,7-9,11,13-14,17,22,25-26H,5-6,10,12,15-16H2,1H3. The van der Waals surface area contributed by atoms with Gasteiger partial charge in [0.15, 0.2) is 0 Å². The van der Waals surface area contributed by atoms with Crippen LogP contribution in [-0.4, -0.2) is 17.6 Å². The third-order valence-electron chi connectivity index (χ3n) is 5.60. The van der Waals surface area contributed by atoms with Gasteiger partial charge in [-0.2, -0.15) is 0 Å². The Labute approximate surface area is 156 Å². The number of hydrogen-bond donors (Lipinski definition) is 2. The zero-order valence-corrected chi connectivity index (χ0v) is 15.6. The number of benzene rings is 2. The van der Waals surface area contributed by atoms with E-state index in [-0.39, 0.29) is 0 Å². The summed E-state index contributed by atoms with van der Waals surface area (Å²) in [6.45, 7) is 3.20. The van der Waals surface area contributed by atoms with Gasteiger partial charge in [0.05, 0.1) is 0 Å². The number of rotatable bonds is 6. The Morgan fingerprint density at radius 1 is 1.00 bits per heavy atom. The van der Waals surface area contributed by atoms with Gasteiger partial charge in [0.1, 0.15) is 0 Å². The molecular weight excluding hydrogens is 316 g/mol. The monoisotopic (exact) mass is 344 g/mol. The van der Waals surface area contributed by atoms with Crippen molar-refractivity contribution >= 4 is 16.5 Å². The molecule has 26 heavy (non-hydrogen) atoms. The number of aryl methyl sites for hydroxylation is 2. The van der Waals surface area contributed by atoms with E-state index in [9.17, 15) is 0 Å². The summed E-state index contributed by atoms with van der Waals surface area (Å²) in [7, 11) is 0. The molecule has 2 heteroatoms. The molecule has 0 saturated heterocycles. The van der Waals surface area contributed by atoms with Crippen LogP contribution in [0.4, 0.5) is 0 Å². The van der Waals surface area contributed by atoms with E-state index >= 15 is 0 Å². The maximum absolute atomic E-state index is 3.67. The first-order chi connectivity index (χ1) is 12.8. The number of aromatic nitrogens is 1. The maximum atomic E-state index is 3.67. The van der Waals surface area contributed by atoms with Crippen LogP contribution in [0.5, 0.6) is 0 Å². The summed E-state index contributed by atoms with van der Waals surface area (Å²) in [5.74, 6) is 0. The lowest BCUT2D eigenvalue weighted by Gasteiger charge is -2.24. The molecule has 0 spiro atoms. The van der Waals surface area contributed by atoms with Gasteiger partial charge < -0.3 is 10.3 Å². The fourth-order valence-electron chi connectivity index (χ4n) is 4.22. The van der Waals surface area contributed by atoms with Crippen LogP contribution in [0.2, 0.25) is 0 Å². The zero-order chi connectivity index (χ0) is 17.8. The van der Waals surface area contributed by atoms with Gasteiger partial charge in [0.2, 0.25) is 0 Å².